The zero-order chi connectivity index (χ0) is 26.8. The lowest BCUT2D eigenvalue weighted by molar-refractivity contribution is -0.139. The fourth-order valence-corrected chi connectivity index (χ4v) is 5.68. The second-order valence-corrected chi connectivity index (χ2v) is 10.7. The van der Waals surface area contributed by atoms with Gasteiger partial charge in [-0.15, -0.1) is 0 Å². The number of carbonyl (C=O) groups excluding carboxylic acids is 2. The van der Waals surface area contributed by atoms with Gasteiger partial charge in [-0.05, 0) is 55.7 Å². The first-order chi connectivity index (χ1) is 17.8. The van der Waals surface area contributed by atoms with Crippen LogP contribution in [0.2, 0.25) is 5.02 Å². The molecule has 196 valence electrons. The Bertz CT molecular complexity index is 1290. The summed E-state index contributed by atoms with van der Waals surface area (Å²) in [5.74, 6) is -0.750. The highest BCUT2D eigenvalue weighted by Crippen LogP contribution is 2.26. The molecule has 0 radical (unpaired) electrons. The fraction of sp³-hybridized carbons (Fsp3) is 0.286. The van der Waals surface area contributed by atoms with E-state index in [-0.39, 0.29) is 23.0 Å². The summed E-state index contributed by atoms with van der Waals surface area (Å²) in [5, 5.41) is 3.14. The van der Waals surface area contributed by atoms with Gasteiger partial charge in [-0.1, -0.05) is 73.1 Å². The minimum Gasteiger partial charge on any atom is -0.355 e. The van der Waals surface area contributed by atoms with Gasteiger partial charge in [0.25, 0.3) is 10.0 Å². The lowest BCUT2D eigenvalue weighted by Crippen LogP contribution is -2.53. The van der Waals surface area contributed by atoms with Gasteiger partial charge >= 0.3 is 0 Å². The molecule has 3 aromatic carbocycles. The number of likely N-dealkylation sites (N-methyl/N-ethyl adjacent to an activating group) is 1. The first-order valence-corrected chi connectivity index (χ1v) is 14.0. The quantitative estimate of drug-likeness (QED) is 0.365. The summed E-state index contributed by atoms with van der Waals surface area (Å²) in [7, 11) is -4.10. The number of hydrogen-bond acceptors (Lipinski definition) is 4. The van der Waals surface area contributed by atoms with Gasteiger partial charge in [-0.3, -0.25) is 13.9 Å². The third kappa shape index (κ3) is 7.33. The highest BCUT2D eigenvalue weighted by molar-refractivity contribution is 7.92. The van der Waals surface area contributed by atoms with E-state index >= 15 is 0 Å². The van der Waals surface area contributed by atoms with E-state index in [0.29, 0.717) is 24.4 Å². The van der Waals surface area contributed by atoms with Crippen LogP contribution in [0.4, 0.5) is 5.69 Å². The first-order valence-electron chi connectivity index (χ1n) is 12.2. The smallest absolute Gasteiger partial charge is 0.264 e. The van der Waals surface area contributed by atoms with Gasteiger partial charge in [-0.2, -0.15) is 0 Å². The van der Waals surface area contributed by atoms with Gasteiger partial charge in [-0.25, -0.2) is 8.42 Å². The Kier molecular flexibility index (Phi) is 10.1. The minimum absolute atomic E-state index is 0.0504. The molecule has 0 bridgehead atoms. The number of anilines is 1. The molecule has 0 saturated heterocycles. The highest BCUT2D eigenvalue weighted by Gasteiger charge is 2.33. The van der Waals surface area contributed by atoms with E-state index in [2.05, 4.69) is 5.32 Å². The van der Waals surface area contributed by atoms with E-state index in [1.54, 1.807) is 36.4 Å². The Morgan fingerprint density at radius 1 is 0.919 bits per heavy atom. The van der Waals surface area contributed by atoms with Gasteiger partial charge in [0, 0.05) is 18.1 Å². The van der Waals surface area contributed by atoms with Crippen LogP contribution in [0.1, 0.15) is 25.8 Å². The maximum absolute atomic E-state index is 13.8. The molecule has 0 aromatic heterocycles. The molecule has 0 heterocycles. The summed E-state index contributed by atoms with van der Waals surface area (Å²) in [6, 6.07) is 23.2. The molecule has 1 N–H and O–H groups in total. The molecule has 0 saturated carbocycles. The second kappa shape index (κ2) is 13.3. The van der Waals surface area contributed by atoms with Crippen LogP contribution < -0.4 is 9.62 Å². The van der Waals surface area contributed by atoms with Crippen LogP contribution >= 0.6 is 11.6 Å². The number of halogens is 1. The normalized spacial score (nSPS) is 12.0. The highest BCUT2D eigenvalue weighted by atomic mass is 35.5. The zero-order valence-electron chi connectivity index (χ0n) is 21.0. The number of nitrogens with one attached hydrogen (secondary N) is 1. The third-order valence-electron chi connectivity index (χ3n) is 5.93. The number of rotatable bonds is 12. The van der Waals surface area contributed by atoms with Crippen LogP contribution in [-0.4, -0.2) is 50.8 Å². The molecule has 0 aliphatic rings. The van der Waals surface area contributed by atoms with Crippen molar-refractivity contribution in [3.8, 4) is 0 Å². The van der Waals surface area contributed by atoms with Gasteiger partial charge in [0.1, 0.15) is 12.6 Å². The van der Waals surface area contributed by atoms with Crippen molar-refractivity contribution in [1.29, 1.82) is 0 Å². The molecule has 1 atom stereocenters. The summed E-state index contributed by atoms with van der Waals surface area (Å²) in [6.07, 6.45) is 0.903. The van der Waals surface area contributed by atoms with Crippen molar-refractivity contribution in [2.75, 3.05) is 23.9 Å². The molecule has 37 heavy (non-hydrogen) atoms. The number of carbonyl (C=O) groups is 2. The SMILES string of the molecule is CCNC(=O)[C@H](CC)N(CCc1ccccc1)C(=O)CN(c1cccc(Cl)c1)S(=O)(=O)c1ccccc1. The number of amides is 2. The molecule has 2 amide bonds. The predicted molar refractivity (Wildman–Crippen MR) is 147 cm³/mol. The van der Waals surface area contributed by atoms with E-state index in [1.807, 2.05) is 44.2 Å². The lowest BCUT2D eigenvalue weighted by atomic mass is 10.1. The third-order valence-corrected chi connectivity index (χ3v) is 7.95. The Labute approximate surface area is 224 Å². The molecule has 0 unspecified atom stereocenters. The standard InChI is InChI=1S/C28H32ClN3O4S/c1-3-26(28(34)30-4-2)31(19-18-22-12-7-5-8-13-22)27(33)21-32(24-15-11-14-23(29)20-24)37(35,36)25-16-9-6-10-17-25/h5-17,20,26H,3-4,18-19,21H2,1-2H3,(H,30,34)/t26-/m0/s1. The maximum atomic E-state index is 13.8. The summed E-state index contributed by atoms with van der Waals surface area (Å²) in [4.78, 5) is 28.3. The average molecular weight is 542 g/mol. The molecule has 9 heteroatoms. The molecule has 0 spiro atoms. The van der Waals surface area contributed by atoms with Crippen LogP contribution in [0.25, 0.3) is 0 Å². The molecule has 0 aliphatic carbocycles. The summed E-state index contributed by atoms with van der Waals surface area (Å²) in [6.45, 7) is 3.84. The maximum Gasteiger partial charge on any atom is 0.264 e. The Balaban J connectivity index is 1.99. The summed E-state index contributed by atoms with van der Waals surface area (Å²) >= 11 is 6.18. The van der Waals surface area contributed by atoms with Crippen molar-refractivity contribution < 1.29 is 18.0 Å². The minimum atomic E-state index is -4.10. The van der Waals surface area contributed by atoms with Gasteiger partial charge < -0.3 is 10.2 Å². The lowest BCUT2D eigenvalue weighted by Gasteiger charge is -2.33. The van der Waals surface area contributed by atoms with Crippen molar-refractivity contribution in [2.24, 2.45) is 0 Å². The van der Waals surface area contributed by atoms with Crippen LogP contribution in [0, 0.1) is 0 Å². The van der Waals surface area contributed by atoms with Crippen molar-refractivity contribution in [1.82, 2.24) is 10.2 Å². The van der Waals surface area contributed by atoms with Crippen LogP contribution in [0.3, 0.4) is 0 Å². The van der Waals surface area contributed by atoms with E-state index in [1.165, 1.54) is 23.1 Å². The van der Waals surface area contributed by atoms with Gasteiger partial charge in [0.15, 0.2) is 0 Å². The molecular formula is C28H32ClN3O4S. The van der Waals surface area contributed by atoms with Crippen molar-refractivity contribution >= 4 is 39.1 Å². The Morgan fingerprint density at radius 2 is 1.57 bits per heavy atom. The van der Waals surface area contributed by atoms with Gasteiger partial charge in [0.2, 0.25) is 11.8 Å². The molecule has 3 rings (SSSR count). The number of sulfonamides is 1. The second-order valence-electron chi connectivity index (χ2n) is 8.45. The predicted octanol–water partition coefficient (Wildman–Crippen LogP) is 4.52. The van der Waals surface area contributed by atoms with E-state index in [4.69, 9.17) is 11.6 Å². The first kappa shape index (κ1) is 28.2. The summed E-state index contributed by atoms with van der Waals surface area (Å²) < 4.78 is 28.4. The van der Waals surface area contributed by atoms with Gasteiger partial charge in [0.05, 0.1) is 10.6 Å². The fourth-order valence-electron chi connectivity index (χ4n) is 4.07. The monoisotopic (exact) mass is 541 g/mol. The topological polar surface area (TPSA) is 86.8 Å². The van der Waals surface area contributed by atoms with E-state index in [9.17, 15) is 18.0 Å². The molecule has 3 aromatic rings. The number of nitrogens with zero attached hydrogens (tertiary/aromatic N) is 2. The molecule has 0 fully saturated rings. The van der Waals surface area contributed by atoms with Crippen LogP contribution in [0.5, 0.6) is 0 Å². The number of benzene rings is 3. The Hall–Kier alpha value is -3.36. The molecule has 0 aliphatic heterocycles. The average Bonchev–Trinajstić information content (AvgIpc) is 2.90. The van der Waals surface area contributed by atoms with E-state index in [0.717, 1.165) is 9.87 Å². The molecule has 7 nitrogen and oxygen atoms in total. The summed E-state index contributed by atoms with van der Waals surface area (Å²) in [5.41, 5.74) is 1.27. The van der Waals surface area contributed by atoms with Crippen LogP contribution in [-0.2, 0) is 26.0 Å². The largest absolute Gasteiger partial charge is 0.355 e. The Morgan fingerprint density at radius 3 is 2.16 bits per heavy atom. The zero-order valence-corrected chi connectivity index (χ0v) is 22.6. The van der Waals surface area contributed by atoms with Crippen molar-refractivity contribution in [2.45, 2.75) is 37.6 Å². The van der Waals surface area contributed by atoms with E-state index < -0.39 is 28.5 Å². The molecular weight excluding hydrogens is 510 g/mol. The number of hydrogen-bond donors (Lipinski definition) is 1. The van der Waals surface area contributed by atoms with Crippen molar-refractivity contribution in [3.05, 3.63) is 95.5 Å². The van der Waals surface area contributed by atoms with Crippen molar-refractivity contribution in [3.63, 3.8) is 0 Å². The van der Waals surface area contributed by atoms with Crippen LogP contribution in [0.15, 0.2) is 89.8 Å².